The van der Waals surface area contributed by atoms with Gasteiger partial charge < -0.3 is 34.7 Å². The lowest BCUT2D eigenvalue weighted by Crippen LogP contribution is -2.45. The average Bonchev–Trinajstić information content (AvgIpc) is 3.66. The second kappa shape index (κ2) is 14.5. The summed E-state index contributed by atoms with van der Waals surface area (Å²) in [6.07, 6.45) is 2.17. The Labute approximate surface area is 258 Å². The minimum absolute atomic E-state index is 0.0702. The molecular weight excluding hydrogens is 562 g/mol. The molecule has 0 bridgehead atoms. The molecule has 10 nitrogen and oxygen atoms in total. The molecule has 3 aromatic carbocycles. The lowest BCUT2D eigenvalue weighted by Gasteiger charge is -2.30. The van der Waals surface area contributed by atoms with E-state index in [1.165, 1.54) is 0 Å². The number of carbonyl (C=O) groups excluding carboxylic acids is 1. The zero-order valence-corrected chi connectivity index (χ0v) is 25.3. The first-order chi connectivity index (χ1) is 21.4. The number of fused-ring (bicyclic) bond motifs is 1. The van der Waals surface area contributed by atoms with Crippen LogP contribution in [0.1, 0.15) is 43.2 Å². The van der Waals surface area contributed by atoms with E-state index in [0.717, 1.165) is 29.7 Å². The summed E-state index contributed by atoms with van der Waals surface area (Å²) in [5.41, 5.74) is 8.47. The highest BCUT2D eigenvalue weighted by Crippen LogP contribution is 2.43. The van der Waals surface area contributed by atoms with E-state index in [9.17, 15) is 14.7 Å². The molecule has 3 atom stereocenters. The van der Waals surface area contributed by atoms with Crippen molar-refractivity contribution in [1.82, 2.24) is 4.90 Å². The molecule has 3 aromatic rings. The summed E-state index contributed by atoms with van der Waals surface area (Å²) in [7, 11) is 1.58. The molecule has 44 heavy (non-hydrogen) atoms. The lowest BCUT2D eigenvalue weighted by molar-refractivity contribution is -0.143. The molecule has 0 saturated carbocycles. The lowest BCUT2D eigenvalue weighted by atomic mass is 9.84. The molecule has 5 rings (SSSR count). The van der Waals surface area contributed by atoms with E-state index in [0.29, 0.717) is 49.1 Å². The first kappa shape index (κ1) is 31.2. The fourth-order valence-corrected chi connectivity index (χ4v) is 6.19. The summed E-state index contributed by atoms with van der Waals surface area (Å²) in [6, 6.07) is 20.2. The zero-order chi connectivity index (χ0) is 31.1. The first-order valence-electron chi connectivity index (χ1n) is 15.1. The number of para-hydroxylation sites is 2. The number of aliphatic carboxylic acids is 1. The number of methoxy groups -OCH3 is 1. The van der Waals surface area contributed by atoms with Crippen molar-refractivity contribution in [2.45, 2.75) is 44.7 Å². The summed E-state index contributed by atoms with van der Waals surface area (Å²) < 4.78 is 22.6. The summed E-state index contributed by atoms with van der Waals surface area (Å²) in [6.45, 7) is 3.88. The number of carboxylic acid groups (broad SMARTS) is 1. The van der Waals surface area contributed by atoms with Crippen LogP contribution in [0.3, 0.4) is 0 Å². The van der Waals surface area contributed by atoms with Crippen LogP contribution >= 0.6 is 0 Å². The Morgan fingerprint density at radius 1 is 1.05 bits per heavy atom. The second-order valence-electron chi connectivity index (χ2n) is 11.1. The van der Waals surface area contributed by atoms with E-state index in [-0.39, 0.29) is 31.8 Å². The van der Waals surface area contributed by atoms with Crippen molar-refractivity contribution in [1.29, 1.82) is 0 Å². The van der Waals surface area contributed by atoms with Crippen LogP contribution in [0.25, 0.3) is 0 Å². The van der Waals surface area contributed by atoms with Crippen LogP contribution in [0, 0.1) is 5.92 Å². The monoisotopic (exact) mass is 603 g/mol. The third-order valence-electron chi connectivity index (χ3n) is 8.43. The van der Waals surface area contributed by atoms with Crippen LogP contribution < -0.4 is 29.6 Å². The Morgan fingerprint density at radius 3 is 2.59 bits per heavy atom. The number of anilines is 1. The van der Waals surface area contributed by atoms with Gasteiger partial charge in [0.25, 0.3) is 0 Å². The van der Waals surface area contributed by atoms with Crippen molar-refractivity contribution in [2.75, 3.05) is 45.0 Å². The fourth-order valence-electron chi connectivity index (χ4n) is 6.19. The molecule has 0 aliphatic carbocycles. The minimum Gasteiger partial charge on any atom is -0.493 e. The molecule has 2 aliphatic rings. The highest BCUT2D eigenvalue weighted by Gasteiger charge is 2.47. The smallest absolute Gasteiger partial charge is 0.308 e. The highest BCUT2D eigenvalue weighted by atomic mass is 16.7. The summed E-state index contributed by atoms with van der Waals surface area (Å²) in [5, 5.41) is 10.6. The molecule has 0 aromatic heterocycles. The van der Waals surface area contributed by atoms with Gasteiger partial charge in [0.2, 0.25) is 12.7 Å². The minimum atomic E-state index is -0.914. The number of carboxylic acids is 1. The number of amides is 1. The third kappa shape index (κ3) is 6.92. The van der Waals surface area contributed by atoms with Crippen LogP contribution in [0.5, 0.6) is 23.0 Å². The van der Waals surface area contributed by atoms with E-state index in [4.69, 9.17) is 24.7 Å². The van der Waals surface area contributed by atoms with Gasteiger partial charge in [-0.05, 0) is 60.4 Å². The summed E-state index contributed by atoms with van der Waals surface area (Å²) in [5.74, 6) is 0.291. The van der Waals surface area contributed by atoms with E-state index in [2.05, 4.69) is 6.92 Å². The van der Waals surface area contributed by atoms with E-state index >= 15 is 0 Å². The molecule has 0 spiro atoms. The van der Waals surface area contributed by atoms with Gasteiger partial charge in [-0.2, -0.15) is 0 Å². The fraction of sp³-hybridized carbons (Fsp3) is 0.412. The van der Waals surface area contributed by atoms with Gasteiger partial charge in [-0.3, -0.25) is 14.5 Å². The van der Waals surface area contributed by atoms with Crippen LogP contribution in [0.4, 0.5) is 5.69 Å². The predicted molar refractivity (Wildman–Crippen MR) is 166 cm³/mol. The molecule has 1 fully saturated rings. The molecule has 1 unspecified atom stereocenters. The average molecular weight is 604 g/mol. The second-order valence-corrected chi connectivity index (χ2v) is 11.1. The number of hydrogen-bond donors (Lipinski definition) is 2. The molecular formula is C34H41N3O7. The topological polar surface area (TPSA) is 124 Å². The van der Waals surface area contributed by atoms with Gasteiger partial charge in [0.15, 0.2) is 23.0 Å². The summed E-state index contributed by atoms with van der Waals surface area (Å²) >= 11 is 0. The van der Waals surface area contributed by atoms with Gasteiger partial charge >= 0.3 is 5.97 Å². The van der Waals surface area contributed by atoms with Crippen molar-refractivity contribution in [3.8, 4) is 23.0 Å². The molecule has 2 heterocycles. The van der Waals surface area contributed by atoms with Crippen molar-refractivity contribution < 1.29 is 33.6 Å². The normalized spacial score (nSPS) is 19.1. The number of ether oxygens (including phenoxy) is 4. The number of likely N-dealkylation sites (tertiary alicyclic amines) is 1. The SMILES string of the molecule is CCCCN(C(=O)CN1C[C@H](c2ccc3c(c2)OCO3)C(C(=O)O)[C@@H]1CCOc1ccccc1OC)c1cccc(CN)c1. The zero-order valence-electron chi connectivity index (χ0n) is 25.3. The molecule has 2 aliphatic heterocycles. The van der Waals surface area contributed by atoms with E-state index in [1.807, 2.05) is 71.6 Å². The maximum Gasteiger partial charge on any atom is 0.308 e. The van der Waals surface area contributed by atoms with E-state index < -0.39 is 17.9 Å². The van der Waals surface area contributed by atoms with Gasteiger partial charge in [-0.25, -0.2) is 0 Å². The van der Waals surface area contributed by atoms with Gasteiger partial charge in [-0.15, -0.1) is 0 Å². The molecule has 1 saturated heterocycles. The molecule has 1 amide bonds. The maximum absolute atomic E-state index is 14.0. The summed E-state index contributed by atoms with van der Waals surface area (Å²) in [4.78, 5) is 30.7. The van der Waals surface area contributed by atoms with Crippen molar-refractivity contribution in [2.24, 2.45) is 11.7 Å². The number of rotatable bonds is 14. The van der Waals surface area contributed by atoms with Crippen molar-refractivity contribution in [3.05, 3.63) is 77.9 Å². The highest BCUT2D eigenvalue weighted by molar-refractivity contribution is 5.95. The predicted octanol–water partition coefficient (Wildman–Crippen LogP) is 4.65. The Bertz CT molecular complexity index is 1450. The number of nitrogens with two attached hydrogens (primary N) is 1. The van der Waals surface area contributed by atoms with Crippen LogP contribution in [-0.4, -0.2) is 68.1 Å². The molecule has 10 heteroatoms. The molecule has 234 valence electrons. The Kier molecular flexibility index (Phi) is 10.2. The Morgan fingerprint density at radius 2 is 1.84 bits per heavy atom. The first-order valence-corrected chi connectivity index (χ1v) is 15.1. The third-order valence-corrected chi connectivity index (χ3v) is 8.43. The number of nitrogens with zero attached hydrogens (tertiary/aromatic N) is 2. The van der Waals surface area contributed by atoms with Crippen LogP contribution in [-0.2, 0) is 16.1 Å². The maximum atomic E-state index is 14.0. The van der Waals surface area contributed by atoms with Crippen LogP contribution in [0.15, 0.2) is 66.7 Å². The standard InChI is InChI=1S/C34H41N3O7/c1-3-4-15-37(25-9-7-8-23(17-25)19-35)32(38)21-36-20-26(24-12-13-30-31(18-24)44-22-43-30)33(34(39)40)27(36)14-16-42-29-11-6-5-10-28(29)41-2/h5-13,17-18,26-27,33H,3-4,14-16,19-22,35H2,1-2H3,(H,39,40)/t26-,27+,33?/m1/s1. The quantitative estimate of drug-likeness (QED) is 0.271. The Balaban J connectivity index is 1.42. The Hall–Kier alpha value is -4.28. The van der Waals surface area contributed by atoms with Crippen molar-refractivity contribution in [3.63, 3.8) is 0 Å². The molecule has 0 radical (unpaired) electrons. The number of benzene rings is 3. The van der Waals surface area contributed by atoms with Gasteiger partial charge in [0.05, 0.1) is 26.2 Å². The number of unbranched alkanes of at least 4 members (excludes halogenated alkanes) is 1. The van der Waals surface area contributed by atoms with Crippen LogP contribution in [0.2, 0.25) is 0 Å². The molecule has 3 N–H and O–H groups in total. The number of hydrogen-bond acceptors (Lipinski definition) is 8. The largest absolute Gasteiger partial charge is 0.493 e. The van der Waals surface area contributed by atoms with Gasteiger partial charge in [-0.1, -0.05) is 43.7 Å². The number of carbonyl (C=O) groups is 2. The van der Waals surface area contributed by atoms with Gasteiger partial charge in [0, 0.05) is 37.3 Å². The van der Waals surface area contributed by atoms with Crippen molar-refractivity contribution >= 4 is 17.6 Å². The van der Waals surface area contributed by atoms with E-state index in [1.54, 1.807) is 12.0 Å². The van der Waals surface area contributed by atoms with Gasteiger partial charge in [0.1, 0.15) is 0 Å².